The zero-order valence-electron chi connectivity index (χ0n) is 12.4. The van der Waals surface area contributed by atoms with Gasteiger partial charge in [-0.3, -0.25) is 0 Å². The van der Waals surface area contributed by atoms with Gasteiger partial charge in [0, 0.05) is 5.41 Å². The first-order valence-corrected chi connectivity index (χ1v) is 7.12. The van der Waals surface area contributed by atoms with Crippen LogP contribution in [0, 0.1) is 0 Å². The summed E-state index contributed by atoms with van der Waals surface area (Å²) in [7, 11) is 0. The third kappa shape index (κ3) is 1.68. The molecule has 1 aliphatic rings. The van der Waals surface area contributed by atoms with Gasteiger partial charge >= 0.3 is 0 Å². The van der Waals surface area contributed by atoms with Crippen LogP contribution in [0.2, 0.25) is 0 Å². The zero-order chi connectivity index (χ0) is 14.3. The van der Waals surface area contributed by atoms with Crippen LogP contribution < -0.4 is 10.4 Å². The topological polar surface area (TPSA) is 0 Å². The number of hydrogen-bond acceptors (Lipinski definition) is 0. The molecule has 0 aliphatic heterocycles. The third-order valence-electron chi connectivity index (χ3n) is 4.39. The van der Waals surface area contributed by atoms with E-state index in [0.29, 0.717) is 0 Å². The second-order valence-corrected chi connectivity index (χ2v) is 5.91. The van der Waals surface area contributed by atoms with E-state index in [9.17, 15) is 0 Å². The molecule has 3 rings (SSSR count). The van der Waals surface area contributed by atoms with Crippen molar-refractivity contribution in [3.05, 3.63) is 81.7 Å². The second kappa shape index (κ2) is 4.49. The normalized spacial score (nSPS) is 21.1. The predicted octanol–water partition coefficient (Wildman–Crippen LogP) is 3.53. The van der Waals surface area contributed by atoms with Crippen LogP contribution in [0.25, 0.3) is 12.2 Å². The van der Waals surface area contributed by atoms with Crippen molar-refractivity contribution >= 4 is 12.2 Å². The van der Waals surface area contributed by atoms with Gasteiger partial charge < -0.3 is 0 Å². The van der Waals surface area contributed by atoms with Gasteiger partial charge in [-0.05, 0) is 39.6 Å². The Morgan fingerprint density at radius 1 is 0.950 bits per heavy atom. The maximum Gasteiger partial charge on any atom is 0.0155 e. The molecule has 0 aromatic heterocycles. The van der Waals surface area contributed by atoms with Gasteiger partial charge in [0.25, 0.3) is 0 Å². The van der Waals surface area contributed by atoms with E-state index in [0.717, 1.165) is 5.22 Å². The molecule has 0 saturated carbocycles. The molecular formula is C20H20. The Balaban J connectivity index is 2.53. The highest BCUT2D eigenvalue weighted by molar-refractivity contribution is 5.89. The standard InChI is InChI=1S/C20H20/c1-5-17-19(15-11-7-6-10-14(15)2)16-12-8-9-13-18(16)20(17,3)4/h5-13H,2H2,1,3-4H3/b17-5+,19-15-. The molecule has 0 amide bonds. The number of fused-ring (bicyclic) bond motifs is 1. The van der Waals surface area contributed by atoms with Crippen molar-refractivity contribution in [2.45, 2.75) is 26.2 Å². The molecule has 0 saturated heterocycles. The summed E-state index contributed by atoms with van der Waals surface area (Å²) < 4.78 is 0. The highest BCUT2D eigenvalue weighted by Gasteiger charge is 2.37. The van der Waals surface area contributed by atoms with Crippen molar-refractivity contribution in [2.75, 3.05) is 0 Å². The average molecular weight is 260 g/mol. The Hall–Kier alpha value is -2.08. The summed E-state index contributed by atoms with van der Waals surface area (Å²) in [5.41, 5.74) is 5.56. The van der Waals surface area contributed by atoms with Crippen LogP contribution in [0.1, 0.15) is 31.9 Å². The lowest BCUT2D eigenvalue weighted by Crippen LogP contribution is -2.26. The van der Waals surface area contributed by atoms with Crippen LogP contribution in [0.15, 0.2) is 60.2 Å². The molecule has 0 bridgehead atoms. The van der Waals surface area contributed by atoms with E-state index in [1.54, 1.807) is 0 Å². The quantitative estimate of drug-likeness (QED) is 0.680. The molecule has 0 fully saturated rings. The number of benzene rings is 2. The van der Waals surface area contributed by atoms with Gasteiger partial charge in [-0.25, -0.2) is 0 Å². The zero-order valence-corrected chi connectivity index (χ0v) is 12.4. The first-order chi connectivity index (χ1) is 9.57. The van der Waals surface area contributed by atoms with Crippen LogP contribution in [0.5, 0.6) is 0 Å². The molecule has 100 valence electrons. The summed E-state index contributed by atoms with van der Waals surface area (Å²) in [5, 5.41) is 2.34. The average Bonchev–Trinajstić information content (AvgIpc) is 2.67. The van der Waals surface area contributed by atoms with Gasteiger partial charge in [0.15, 0.2) is 0 Å². The van der Waals surface area contributed by atoms with Gasteiger partial charge in [-0.15, -0.1) is 0 Å². The fourth-order valence-corrected chi connectivity index (χ4v) is 3.41. The second-order valence-electron chi connectivity index (χ2n) is 5.91. The fraction of sp³-hybridized carbons (Fsp3) is 0.200. The minimum Gasteiger partial charge on any atom is -0.0911 e. The highest BCUT2D eigenvalue weighted by Crippen LogP contribution is 2.47. The highest BCUT2D eigenvalue weighted by atomic mass is 14.4. The van der Waals surface area contributed by atoms with Gasteiger partial charge in [0.05, 0.1) is 0 Å². The Morgan fingerprint density at radius 2 is 1.60 bits per heavy atom. The largest absolute Gasteiger partial charge is 0.0911 e. The summed E-state index contributed by atoms with van der Waals surface area (Å²) >= 11 is 0. The fourth-order valence-electron chi connectivity index (χ4n) is 3.41. The van der Waals surface area contributed by atoms with Gasteiger partial charge in [0.1, 0.15) is 0 Å². The smallest absolute Gasteiger partial charge is 0.0155 e. The van der Waals surface area contributed by atoms with Crippen LogP contribution in [0.4, 0.5) is 0 Å². The molecule has 2 aromatic carbocycles. The molecule has 2 aromatic rings. The van der Waals surface area contributed by atoms with Crippen molar-refractivity contribution in [3.63, 3.8) is 0 Å². The number of hydrogen-bond donors (Lipinski definition) is 0. The maximum absolute atomic E-state index is 4.21. The van der Waals surface area contributed by atoms with Crippen molar-refractivity contribution in [1.82, 2.24) is 0 Å². The Bertz CT molecular complexity index is 804. The van der Waals surface area contributed by atoms with Crippen LogP contribution in [-0.4, -0.2) is 0 Å². The lowest BCUT2D eigenvalue weighted by molar-refractivity contribution is 0.659. The van der Waals surface area contributed by atoms with E-state index in [-0.39, 0.29) is 5.41 Å². The summed E-state index contributed by atoms with van der Waals surface area (Å²) in [4.78, 5) is 0. The molecule has 0 heteroatoms. The van der Waals surface area contributed by atoms with Crippen LogP contribution in [0.3, 0.4) is 0 Å². The minimum absolute atomic E-state index is 0.0585. The number of rotatable bonds is 0. The van der Waals surface area contributed by atoms with E-state index >= 15 is 0 Å². The van der Waals surface area contributed by atoms with E-state index in [1.165, 1.54) is 27.5 Å². The van der Waals surface area contributed by atoms with Crippen molar-refractivity contribution in [1.29, 1.82) is 0 Å². The monoisotopic (exact) mass is 260 g/mol. The molecule has 0 nitrogen and oxygen atoms in total. The molecular weight excluding hydrogens is 240 g/mol. The summed E-state index contributed by atoms with van der Waals surface area (Å²) in [6, 6.07) is 17.1. The lowest BCUT2D eigenvalue weighted by Gasteiger charge is -2.21. The Morgan fingerprint density at radius 3 is 2.30 bits per heavy atom. The molecule has 0 N–H and O–H groups in total. The molecule has 20 heavy (non-hydrogen) atoms. The van der Waals surface area contributed by atoms with E-state index in [4.69, 9.17) is 0 Å². The molecule has 0 heterocycles. The maximum atomic E-state index is 4.21. The predicted molar refractivity (Wildman–Crippen MR) is 86.9 cm³/mol. The van der Waals surface area contributed by atoms with Gasteiger partial charge in [0.2, 0.25) is 0 Å². The first kappa shape index (κ1) is 12.9. The Kier molecular flexibility index (Phi) is 2.90. The van der Waals surface area contributed by atoms with E-state index in [1.807, 2.05) is 6.07 Å². The van der Waals surface area contributed by atoms with Gasteiger partial charge in [-0.1, -0.05) is 75.0 Å². The first-order valence-electron chi connectivity index (χ1n) is 7.12. The molecule has 0 radical (unpaired) electrons. The molecule has 0 atom stereocenters. The van der Waals surface area contributed by atoms with Crippen molar-refractivity contribution in [3.8, 4) is 0 Å². The van der Waals surface area contributed by atoms with Crippen LogP contribution in [-0.2, 0) is 5.41 Å². The molecule has 0 unspecified atom stereocenters. The van der Waals surface area contributed by atoms with E-state index in [2.05, 4.69) is 75.9 Å². The van der Waals surface area contributed by atoms with Crippen molar-refractivity contribution in [2.24, 2.45) is 0 Å². The molecule has 0 spiro atoms. The Labute approximate surface area is 120 Å². The summed E-state index contributed by atoms with van der Waals surface area (Å²) in [6.07, 6.45) is 2.25. The SMILES string of the molecule is C=c1cccc/c1=C1/C(=C\C)C(C)(C)c2ccccc21. The molecule has 1 aliphatic carbocycles. The minimum atomic E-state index is 0.0585. The van der Waals surface area contributed by atoms with Crippen molar-refractivity contribution < 1.29 is 0 Å². The number of allylic oxidation sites excluding steroid dienone is 2. The summed E-state index contributed by atoms with van der Waals surface area (Å²) in [5.74, 6) is 0. The summed E-state index contributed by atoms with van der Waals surface area (Å²) in [6.45, 7) is 11.0. The third-order valence-corrected chi connectivity index (χ3v) is 4.39. The lowest BCUT2D eigenvalue weighted by atomic mass is 9.82. The van der Waals surface area contributed by atoms with Crippen LogP contribution >= 0.6 is 0 Å². The van der Waals surface area contributed by atoms with Gasteiger partial charge in [-0.2, -0.15) is 0 Å². The van der Waals surface area contributed by atoms with E-state index < -0.39 is 0 Å².